The summed E-state index contributed by atoms with van der Waals surface area (Å²) in [4.78, 5) is 14.5. The number of aryl methyl sites for hydroxylation is 1. The second-order valence-electron chi connectivity index (χ2n) is 6.23. The van der Waals surface area contributed by atoms with Crippen molar-refractivity contribution in [2.45, 2.75) is 32.1 Å². The van der Waals surface area contributed by atoms with Crippen LogP contribution in [0, 0.1) is 6.92 Å². The molecule has 5 nitrogen and oxygen atoms in total. The summed E-state index contributed by atoms with van der Waals surface area (Å²) in [5.74, 6) is 0.830. The van der Waals surface area contributed by atoms with Gasteiger partial charge in [0, 0.05) is 5.56 Å². The van der Waals surface area contributed by atoms with Gasteiger partial charge in [-0.3, -0.25) is 9.69 Å². The van der Waals surface area contributed by atoms with E-state index in [0.29, 0.717) is 11.7 Å². The van der Waals surface area contributed by atoms with Gasteiger partial charge in [-0.05, 0) is 36.6 Å². The molecule has 0 radical (unpaired) electrons. The minimum Gasteiger partial charge on any atom is -0.496 e. The molecule has 1 aliphatic rings. The maximum absolute atomic E-state index is 12.7. The summed E-state index contributed by atoms with van der Waals surface area (Å²) in [5, 5.41) is 9.10. The van der Waals surface area contributed by atoms with Gasteiger partial charge in [-0.1, -0.05) is 55.1 Å². The van der Waals surface area contributed by atoms with Crippen LogP contribution in [0.5, 0.6) is 5.75 Å². The van der Waals surface area contributed by atoms with E-state index < -0.39 is 0 Å². The van der Waals surface area contributed by atoms with Crippen molar-refractivity contribution < 1.29 is 9.53 Å². The Kier molecular flexibility index (Phi) is 6.29. The predicted molar refractivity (Wildman–Crippen MR) is 111 cm³/mol. The number of hydrogen-bond acceptors (Lipinski definition) is 5. The fraction of sp³-hybridized carbons (Fsp3) is 0.286. The van der Waals surface area contributed by atoms with Gasteiger partial charge >= 0.3 is 0 Å². The van der Waals surface area contributed by atoms with Crippen molar-refractivity contribution in [2.75, 3.05) is 7.11 Å². The van der Waals surface area contributed by atoms with Crippen LogP contribution in [0.1, 0.15) is 30.0 Å². The van der Waals surface area contributed by atoms with Crippen LogP contribution in [0.4, 0.5) is 0 Å². The molecule has 1 saturated heterocycles. The topological polar surface area (TPSA) is 54.3 Å². The van der Waals surface area contributed by atoms with Crippen LogP contribution >= 0.6 is 11.8 Å². The molecule has 27 heavy (non-hydrogen) atoms. The number of thioether (sulfide) groups is 1. The molecule has 140 valence electrons. The Morgan fingerprint density at radius 1 is 1.19 bits per heavy atom. The lowest BCUT2D eigenvalue weighted by atomic mass is 10.1. The number of nitrogens with zero attached hydrogens (tertiary/aromatic N) is 3. The number of carbonyl (C=O) groups is 1. The SMILES string of the molecule is CC[C@@H]1S/C(=N/N=C\c2ccccc2OC)N(Cc2ccccc2C)C1=O. The van der Waals surface area contributed by atoms with Gasteiger partial charge in [-0.25, -0.2) is 0 Å². The first-order valence-corrected chi connectivity index (χ1v) is 9.78. The number of amidine groups is 1. The average Bonchev–Trinajstić information content (AvgIpc) is 2.99. The Balaban J connectivity index is 1.84. The maximum Gasteiger partial charge on any atom is 0.242 e. The number of rotatable bonds is 6. The lowest BCUT2D eigenvalue weighted by molar-refractivity contribution is -0.126. The predicted octanol–water partition coefficient (Wildman–Crippen LogP) is 4.25. The lowest BCUT2D eigenvalue weighted by Gasteiger charge is -2.17. The summed E-state index contributed by atoms with van der Waals surface area (Å²) < 4.78 is 5.32. The Morgan fingerprint density at radius 3 is 2.67 bits per heavy atom. The summed E-state index contributed by atoms with van der Waals surface area (Å²) in [5.41, 5.74) is 3.12. The molecule has 0 bridgehead atoms. The Morgan fingerprint density at radius 2 is 1.93 bits per heavy atom. The van der Waals surface area contributed by atoms with Crippen molar-refractivity contribution in [3.8, 4) is 5.75 Å². The van der Waals surface area contributed by atoms with Crippen molar-refractivity contribution in [3.63, 3.8) is 0 Å². The first-order chi connectivity index (χ1) is 13.1. The molecular weight excluding hydrogens is 358 g/mol. The average molecular weight is 382 g/mol. The number of carbonyl (C=O) groups excluding carboxylic acids is 1. The molecule has 0 spiro atoms. The highest BCUT2D eigenvalue weighted by atomic mass is 32.2. The van der Waals surface area contributed by atoms with E-state index >= 15 is 0 Å². The molecule has 0 saturated carbocycles. The van der Waals surface area contributed by atoms with Gasteiger partial charge in [0.05, 0.1) is 25.1 Å². The zero-order valence-electron chi connectivity index (χ0n) is 15.8. The van der Waals surface area contributed by atoms with Gasteiger partial charge in [-0.2, -0.15) is 5.10 Å². The van der Waals surface area contributed by atoms with Gasteiger partial charge < -0.3 is 4.74 Å². The lowest BCUT2D eigenvalue weighted by Crippen LogP contribution is -2.31. The molecule has 0 unspecified atom stereocenters. The largest absolute Gasteiger partial charge is 0.496 e. The van der Waals surface area contributed by atoms with E-state index in [9.17, 15) is 4.79 Å². The molecule has 1 atom stereocenters. The van der Waals surface area contributed by atoms with Crippen LogP contribution in [-0.4, -0.2) is 34.5 Å². The minimum absolute atomic E-state index is 0.0944. The highest BCUT2D eigenvalue weighted by Gasteiger charge is 2.37. The maximum atomic E-state index is 12.7. The van der Waals surface area contributed by atoms with E-state index in [-0.39, 0.29) is 11.2 Å². The summed E-state index contributed by atoms with van der Waals surface area (Å²) in [6.45, 7) is 4.58. The van der Waals surface area contributed by atoms with Crippen LogP contribution in [0.25, 0.3) is 0 Å². The number of ether oxygens (including phenoxy) is 1. The highest BCUT2D eigenvalue weighted by Crippen LogP contribution is 2.31. The fourth-order valence-electron chi connectivity index (χ4n) is 2.86. The zero-order valence-corrected chi connectivity index (χ0v) is 16.6. The first kappa shape index (κ1) is 19.2. The fourth-order valence-corrected chi connectivity index (χ4v) is 3.89. The minimum atomic E-state index is -0.103. The number of hydrogen-bond donors (Lipinski definition) is 0. The molecule has 0 N–H and O–H groups in total. The number of benzene rings is 2. The standard InChI is InChI=1S/C21H23N3O2S/c1-4-19-20(25)24(14-17-11-6-5-9-15(17)2)21(27-19)23-22-13-16-10-7-8-12-18(16)26-3/h5-13,19H,4,14H2,1-3H3/b22-13-,23-21+/t19-/m0/s1. The van der Waals surface area contributed by atoms with E-state index in [1.165, 1.54) is 11.8 Å². The van der Waals surface area contributed by atoms with E-state index in [0.717, 1.165) is 28.9 Å². The van der Waals surface area contributed by atoms with Gasteiger partial charge in [0.15, 0.2) is 5.17 Å². The third-order valence-corrected chi connectivity index (χ3v) is 5.79. The molecule has 0 aromatic heterocycles. The van der Waals surface area contributed by atoms with Gasteiger partial charge in [0.2, 0.25) is 5.91 Å². The molecule has 2 aromatic carbocycles. The smallest absolute Gasteiger partial charge is 0.242 e. The van der Waals surface area contributed by atoms with E-state index in [1.807, 2.05) is 49.4 Å². The summed E-state index contributed by atoms with van der Waals surface area (Å²) in [6, 6.07) is 15.7. The van der Waals surface area contributed by atoms with E-state index in [1.54, 1.807) is 18.2 Å². The van der Waals surface area contributed by atoms with E-state index in [4.69, 9.17) is 4.74 Å². The second kappa shape index (κ2) is 8.86. The molecule has 0 aliphatic carbocycles. The Hall–Kier alpha value is -2.60. The van der Waals surface area contributed by atoms with Crippen molar-refractivity contribution >= 4 is 29.1 Å². The summed E-state index contributed by atoms with van der Waals surface area (Å²) in [6.07, 6.45) is 2.42. The van der Waals surface area contributed by atoms with Crippen LogP contribution in [-0.2, 0) is 11.3 Å². The van der Waals surface area contributed by atoms with Crippen molar-refractivity contribution in [3.05, 3.63) is 65.2 Å². The Bertz CT molecular complexity index is 879. The van der Waals surface area contributed by atoms with Crippen LogP contribution in [0.2, 0.25) is 0 Å². The second-order valence-corrected chi connectivity index (χ2v) is 7.40. The number of amides is 1. The molecular formula is C21H23N3O2S. The third kappa shape index (κ3) is 4.39. The molecule has 6 heteroatoms. The van der Waals surface area contributed by atoms with Crippen molar-refractivity contribution in [1.82, 2.24) is 4.90 Å². The van der Waals surface area contributed by atoms with Crippen molar-refractivity contribution in [2.24, 2.45) is 10.2 Å². The molecule has 2 aromatic rings. The normalized spacial score (nSPS) is 18.6. The quantitative estimate of drug-likeness (QED) is 0.555. The Labute approximate surface area is 164 Å². The zero-order chi connectivity index (χ0) is 19.2. The van der Waals surface area contributed by atoms with Gasteiger partial charge in [0.25, 0.3) is 0 Å². The van der Waals surface area contributed by atoms with E-state index in [2.05, 4.69) is 23.2 Å². The summed E-state index contributed by atoms with van der Waals surface area (Å²) in [7, 11) is 1.62. The van der Waals surface area contributed by atoms with Crippen LogP contribution < -0.4 is 4.74 Å². The third-order valence-electron chi connectivity index (χ3n) is 4.46. The monoisotopic (exact) mass is 381 g/mol. The summed E-state index contributed by atoms with van der Waals surface area (Å²) >= 11 is 1.48. The highest BCUT2D eigenvalue weighted by molar-refractivity contribution is 8.15. The van der Waals surface area contributed by atoms with Crippen molar-refractivity contribution in [1.29, 1.82) is 0 Å². The van der Waals surface area contributed by atoms with Gasteiger partial charge in [-0.15, -0.1) is 5.10 Å². The van der Waals surface area contributed by atoms with Crippen LogP contribution in [0.15, 0.2) is 58.7 Å². The first-order valence-electron chi connectivity index (χ1n) is 8.90. The number of para-hydroxylation sites is 1. The number of methoxy groups -OCH3 is 1. The molecule has 1 heterocycles. The molecule has 1 amide bonds. The molecule has 1 fully saturated rings. The molecule has 3 rings (SSSR count). The molecule has 1 aliphatic heterocycles. The van der Waals surface area contributed by atoms with Gasteiger partial charge in [0.1, 0.15) is 5.75 Å². The van der Waals surface area contributed by atoms with Crippen LogP contribution in [0.3, 0.4) is 0 Å².